The number of aryl methyl sites for hydroxylation is 2. The van der Waals surface area contributed by atoms with Crippen LogP contribution in [0.5, 0.6) is 0 Å². The fourth-order valence-electron chi connectivity index (χ4n) is 2.63. The average Bonchev–Trinajstić information content (AvgIpc) is 2.66. The second kappa shape index (κ2) is 7.91. The molecule has 0 spiro atoms. The van der Waals surface area contributed by atoms with Crippen molar-refractivity contribution in [3.63, 3.8) is 0 Å². The maximum absolute atomic E-state index is 12.4. The van der Waals surface area contributed by atoms with Gasteiger partial charge in [-0.25, -0.2) is 4.98 Å². The first kappa shape index (κ1) is 18.5. The summed E-state index contributed by atoms with van der Waals surface area (Å²) in [6, 6.07) is 17.4. The fourth-order valence-corrected chi connectivity index (χ4v) is 2.63. The molecule has 0 bridgehead atoms. The molecular weight excluding hydrogens is 336 g/mol. The zero-order chi connectivity index (χ0) is 19.4. The summed E-state index contributed by atoms with van der Waals surface area (Å²) in [6.07, 6.45) is 1.67. The van der Waals surface area contributed by atoms with Crippen molar-refractivity contribution in [2.75, 3.05) is 29.6 Å². The van der Waals surface area contributed by atoms with Crippen molar-refractivity contribution in [2.45, 2.75) is 13.8 Å². The summed E-state index contributed by atoms with van der Waals surface area (Å²) in [7, 11) is 3.95. The van der Waals surface area contributed by atoms with E-state index in [9.17, 15) is 4.79 Å². The van der Waals surface area contributed by atoms with E-state index < -0.39 is 0 Å². The Morgan fingerprint density at radius 1 is 0.852 bits per heavy atom. The number of hydrogen-bond donors (Lipinski definition) is 2. The smallest absolute Gasteiger partial charge is 0.274 e. The van der Waals surface area contributed by atoms with Crippen molar-refractivity contribution in [2.24, 2.45) is 0 Å². The molecule has 1 heterocycles. The number of aromatic nitrogens is 1. The lowest BCUT2D eigenvalue weighted by Gasteiger charge is -2.13. The van der Waals surface area contributed by atoms with E-state index >= 15 is 0 Å². The highest BCUT2D eigenvalue weighted by Crippen LogP contribution is 2.20. The lowest BCUT2D eigenvalue weighted by molar-refractivity contribution is 0.102. The number of benzene rings is 2. The Balaban J connectivity index is 1.65. The van der Waals surface area contributed by atoms with E-state index in [2.05, 4.69) is 41.6 Å². The normalized spacial score (nSPS) is 10.4. The molecule has 0 aliphatic carbocycles. The number of carbonyl (C=O) groups excluding carboxylic acids is 1. The third kappa shape index (κ3) is 4.64. The maximum atomic E-state index is 12.4. The topological polar surface area (TPSA) is 57.3 Å². The molecule has 0 unspecified atom stereocenters. The lowest BCUT2D eigenvalue weighted by atomic mass is 10.1. The third-order valence-corrected chi connectivity index (χ3v) is 4.43. The molecule has 5 nitrogen and oxygen atoms in total. The summed E-state index contributed by atoms with van der Waals surface area (Å²) >= 11 is 0. The van der Waals surface area contributed by atoms with Gasteiger partial charge in [0, 0.05) is 31.2 Å². The molecule has 138 valence electrons. The van der Waals surface area contributed by atoms with E-state index in [0.717, 1.165) is 22.7 Å². The standard InChI is InChI=1S/C22H24N4O/c1-15-5-6-18(13-16(15)2)24-19-9-12-21(23-14-19)22(27)25-17-7-10-20(11-8-17)26(3)4/h5-14,24H,1-4H3,(H,25,27). The van der Waals surface area contributed by atoms with E-state index in [0.29, 0.717) is 5.69 Å². The van der Waals surface area contributed by atoms with Gasteiger partial charge in [0.05, 0.1) is 11.9 Å². The van der Waals surface area contributed by atoms with Crippen LogP contribution < -0.4 is 15.5 Å². The second-order valence-corrected chi connectivity index (χ2v) is 6.75. The lowest BCUT2D eigenvalue weighted by Crippen LogP contribution is -2.14. The van der Waals surface area contributed by atoms with Gasteiger partial charge >= 0.3 is 0 Å². The molecule has 2 aromatic carbocycles. The zero-order valence-electron chi connectivity index (χ0n) is 16.1. The van der Waals surface area contributed by atoms with Crippen LogP contribution in [0.2, 0.25) is 0 Å². The van der Waals surface area contributed by atoms with Crippen molar-refractivity contribution < 1.29 is 4.79 Å². The molecule has 3 aromatic rings. The maximum Gasteiger partial charge on any atom is 0.274 e. The Morgan fingerprint density at radius 2 is 1.52 bits per heavy atom. The molecule has 0 atom stereocenters. The third-order valence-electron chi connectivity index (χ3n) is 4.43. The monoisotopic (exact) mass is 360 g/mol. The molecule has 3 rings (SSSR count). The highest BCUT2D eigenvalue weighted by Gasteiger charge is 2.08. The Morgan fingerprint density at radius 3 is 2.11 bits per heavy atom. The molecule has 1 aromatic heterocycles. The van der Waals surface area contributed by atoms with Gasteiger partial charge in [0.15, 0.2) is 0 Å². The van der Waals surface area contributed by atoms with E-state index in [4.69, 9.17) is 0 Å². The Bertz CT molecular complexity index is 932. The van der Waals surface area contributed by atoms with Gasteiger partial charge in [-0.1, -0.05) is 6.07 Å². The number of pyridine rings is 1. The molecule has 2 N–H and O–H groups in total. The number of amides is 1. The molecule has 0 aliphatic rings. The van der Waals surface area contributed by atoms with Gasteiger partial charge in [-0.2, -0.15) is 0 Å². The summed E-state index contributed by atoms with van der Waals surface area (Å²) < 4.78 is 0. The van der Waals surface area contributed by atoms with Crippen LogP contribution in [-0.4, -0.2) is 25.0 Å². The van der Waals surface area contributed by atoms with Crippen LogP contribution in [0.25, 0.3) is 0 Å². The number of nitrogens with one attached hydrogen (secondary N) is 2. The van der Waals surface area contributed by atoms with Gasteiger partial charge in [0.25, 0.3) is 5.91 Å². The van der Waals surface area contributed by atoms with Crippen LogP contribution >= 0.6 is 0 Å². The van der Waals surface area contributed by atoms with Gasteiger partial charge in [-0.05, 0) is 73.5 Å². The Labute approximate surface area is 160 Å². The van der Waals surface area contributed by atoms with Gasteiger partial charge in [-0.15, -0.1) is 0 Å². The quantitative estimate of drug-likeness (QED) is 0.689. The van der Waals surface area contributed by atoms with Crippen LogP contribution in [0.3, 0.4) is 0 Å². The first-order valence-electron chi connectivity index (χ1n) is 8.81. The van der Waals surface area contributed by atoms with Crippen LogP contribution in [0.1, 0.15) is 21.6 Å². The van der Waals surface area contributed by atoms with E-state index in [1.165, 1.54) is 11.1 Å². The van der Waals surface area contributed by atoms with Crippen molar-refractivity contribution in [1.29, 1.82) is 0 Å². The minimum atomic E-state index is -0.231. The predicted octanol–water partition coefficient (Wildman–Crippen LogP) is 4.76. The Kier molecular flexibility index (Phi) is 5.41. The van der Waals surface area contributed by atoms with Gasteiger partial charge in [0.1, 0.15) is 5.69 Å². The predicted molar refractivity (Wildman–Crippen MR) is 112 cm³/mol. The molecule has 0 saturated heterocycles. The van der Waals surface area contributed by atoms with Crippen molar-refractivity contribution in [3.8, 4) is 0 Å². The average molecular weight is 360 g/mol. The van der Waals surface area contributed by atoms with Crippen molar-refractivity contribution >= 4 is 28.7 Å². The van der Waals surface area contributed by atoms with Crippen LogP contribution in [0, 0.1) is 13.8 Å². The van der Waals surface area contributed by atoms with Crippen LogP contribution in [0.4, 0.5) is 22.7 Å². The molecule has 27 heavy (non-hydrogen) atoms. The molecule has 0 radical (unpaired) electrons. The van der Waals surface area contributed by atoms with E-state index in [1.807, 2.05) is 55.4 Å². The van der Waals surface area contributed by atoms with E-state index in [1.54, 1.807) is 12.3 Å². The van der Waals surface area contributed by atoms with Gasteiger partial charge in [-0.3, -0.25) is 4.79 Å². The molecule has 0 aliphatic heterocycles. The van der Waals surface area contributed by atoms with Crippen LogP contribution in [-0.2, 0) is 0 Å². The summed E-state index contributed by atoms with van der Waals surface area (Å²) in [5.74, 6) is -0.231. The molecule has 5 heteroatoms. The number of rotatable bonds is 5. The number of carbonyl (C=O) groups is 1. The zero-order valence-corrected chi connectivity index (χ0v) is 16.1. The largest absolute Gasteiger partial charge is 0.378 e. The molecule has 0 saturated carbocycles. The highest BCUT2D eigenvalue weighted by molar-refractivity contribution is 6.03. The summed E-state index contributed by atoms with van der Waals surface area (Å²) in [4.78, 5) is 18.7. The highest BCUT2D eigenvalue weighted by atomic mass is 16.1. The number of hydrogen-bond acceptors (Lipinski definition) is 4. The SMILES string of the molecule is Cc1ccc(Nc2ccc(C(=O)Nc3ccc(N(C)C)cc3)nc2)cc1C. The minimum absolute atomic E-state index is 0.231. The van der Waals surface area contributed by atoms with E-state index in [-0.39, 0.29) is 5.91 Å². The summed E-state index contributed by atoms with van der Waals surface area (Å²) in [5.41, 5.74) is 6.51. The molecule has 1 amide bonds. The number of nitrogens with zero attached hydrogens (tertiary/aromatic N) is 2. The second-order valence-electron chi connectivity index (χ2n) is 6.75. The first-order valence-corrected chi connectivity index (χ1v) is 8.81. The minimum Gasteiger partial charge on any atom is -0.378 e. The first-order chi connectivity index (χ1) is 12.9. The van der Waals surface area contributed by atoms with Crippen LogP contribution in [0.15, 0.2) is 60.8 Å². The fraction of sp³-hybridized carbons (Fsp3) is 0.182. The summed E-state index contributed by atoms with van der Waals surface area (Å²) in [5, 5.41) is 6.17. The Hall–Kier alpha value is -3.34. The van der Waals surface area contributed by atoms with Gasteiger partial charge in [0.2, 0.25) is 0 Å². The van der Waals surface area contributed by atoms with Gasteiger partial charge < -0.3 is 15.5 Å². The number of anilines is 4. The molecular formula is C22H24N4O. The molecule has 0 fully saturated rings. The summed E-state index contributed by atoms with van der Waals surface area (Å²) in [6.45, 7) is 4.17. The van der Waals surface area contributed by atoms with Crippen molar-refractivity contribution in [1.82, 2.24) is 4.98 Å². The van der Waals surface area contributed by atoms with Crippen molar-refractivity contribution in [3.05, 3.63) is 77.6 Å².